The Kier molecular flexibility index (Phi) is 41.5. The third-order valence-corrected chi connectivity index (χ3v) is 18.0. The molecule has 1 aromatic heterocycles. The number of aromatic nitrogens is 1. The maximum atomic E-state index is 14.9. The predicted molar refractivity (Wildman–Crippen MR) is 420 cm³/mol. The topological polar surface area (TPSA) is 727 Å². The van der Waals surface area contributed by atoms with Crippen LogP contribution in [-0.2, 0) is 64.0 Å². The van der Waals surface area contributed by atoms with E-state index in [1.54, 1.807) is 93.6 Å². The van der Waals surface area contributed by atoms with Crippen molar-refractivity contribution in [1.29, 1.82) is 0 Å². The van der Waals surface area contributed by atoms with Gasteiger partial charge >= 0.3 is 0 Å². The predicted octanol–water partition coefficient (Wildman–Crippen LogP) is -6.58. The molecule has 110 heavy (non-hydrogen) atoms. The van der Waals surface area contributed by atoms with Crippen LogP contribution < -0.4 is 127 Å². The molecule has 0 bridgehead atoms. The summed E-state index contributed by atoms with van der Waals surface area (Å²) in [5.74, 6) is -14.2. The number of rotatable bonds is 50. The van der Waals surface area contributed by atoms with E-state index in [1.807, 2.05) is 6.07 Å². The van der Waals surface area contributed by atoms with E-state index < -0.39 is 180 Å². The number of nitrogens with one attached hydrogen (secondary N) is 12. The average molecular weight is 1550 g/mol. The smallest absolute Gasteiger partial charge is 0.245 e. The van der Waals surface area contributed by atoms with Crippen molar-refractivity contribution in [3.05, 3.63) is 36.0 Å². The Morgan fingerprint density at radius 1 is 0.364 bits per heavy atom. The number of guanidine groups is 5. The van der Waals surface area contributed by atoms with E-state index in [0.717, 1.165) is 0 Å². The molecule has 2 aromatic rings. The number of hydrogen-bond acceptors (Lipinski definition) is 18. The van der Waals surface area contributed by atoms with Crippen LogP contribution in [0.15, 0.2) is 55.4 Å². The van der Waals surface area contributed by atoms with Gasteiger partial charge in [-0.2, -0.15) is 0 Å². The highest BCUT2D eigenvalue weighted by Crippen LogP contribution is 2.21. The number of primary amides is 1. The number of benzene rings is 1. The van der Waals surface area contributed by atoms with Crippen molar-refractivity contribution < 1.29 is 57.5 Å². The van der Waals surface area contributed by atoms with Crippen molar-refractivity contribution in [2.45, 2.75) is 219 Å². The number of H-pyrrole nitrogens is 1. The summed E-state index contributed by atoms with van der Waals surface area (Å²) in [7, 11) is 0. The summed E-state index contributed by atoms with van der Waals surface area (Å²) in [5.41, 5.74) is 68.6. The highest BCUT2D eigenvalue weighted by molar-refractivity contribution is 6.00. The highest BCUT2D eigenvalue weighted by Gasteiger charge is 2.39. The van der Waals surface area contributed by atoms with Gasteiger partial charge in [-0.3, -0.25) is 82.5 Å². The highest BCUT2D eigenvalue weighted by atomic mass is 16.2. The van der Waals surface area contributed by atoms with Gasteiger partial charge in [0, 0.05) is 49.7 Å². The van der Waals surface area contributed by atoms with E-state index >= 15 is 0 Å². The van der Waals surface area contributed by atoms with Gasteiger partial charge in [-0.05, 0) is 99.5 Å². The van der Waals surface area contributed by atoms with E-state index in [9.17, 15) is 57.5 Å². The number of para-hydroxylation sites is 1. The molecule has 2 rings (SSSR count). The molecule has 36 N–H and O–H groups in total. The third-order valence-electron chi connectivity index (χ3n) is 18.0. The Bertz CT molecular complexity index is 3540. The number of amides is 12. The fourth-order valence-corrected chi connectivity index (χ4v) is 11.0. The number of fused-ring (bicyclic) bond motifs is 1. The second-order valence-electron chi connectivity index (χ2n) is 28.1. The van der Waals surface area contributed by atoms with Crippen LogP contribution in [0.5, 0.6) is 0 Å². The van der Waals surface area contributed by atoms with Crippen LogP contribution in [0.2, 0.25) is 0 Å². The second-order valence-corrected chi connectivity index (χ2v) is 28.1. The Morgan fingerprint density at radius 3 is 1.11 bits per heavy atom. The van der Waals surface area contributed by atoms with Gasteiger partial charge in [-0.1, -0.05) is 100 Å². The second kappa shape index (κ2) is 48.2. The van der Waals surface area contributed by atoms with Crippen molar-refractivity contribution in [3.63, 3.8) is 0 Å². The summed E-state index contributed by atoms with van der Waals surface area (Å²) in [6.45, 7) is 17.8. The van der Waals surface area contributed by atoms with Crippen molar-refractivity contribution in [2.75, 3.05) is 32.7 Å². The van der Waals surface area contributed by atoms with Crippen LogP contribution in [0.4, 0.5) is 0 Å². The van der Waals surface area contributed by atoms with Crippen LogP contribution >= 0.6 is 0 Å². The summed E-state index contributed by atoms with van der Waals surface area (Å²) in [6.07, 6.45) is 2.63. The number of aromatic amines is 1. The quantitative estimate of drug-likeness (QED) is 0.0166. The molecule has 0 unspecified atom stereocenters. The fourth-order valence-electron chi connectivity index (χ4n) is 11.0. The van der Waals surface area contributed by atoms with Crippen LogP contribution in [0.1, 0.15) is 146 Å². The van der Waals surface area contributed by atoms with Crippen LogP contribution in [0.25, 0.3) is 10.9 Å². The zero-order valence-corrected chi connectivity index (χ0v) is 65.1. The minimum atomic E-state index is -1.54. The van der Waals surface area contributed by atoms with E-state index in [4.69, 9.17) is 68.8 Å². The van der Waals surface area contributed by atoms with Crippen LogP contribution in [0.3, 0.4) is 0 Å². The van der Waals surface area contributed by atoms with Gasteiger partial charge in [-0.15, -0.1) is 0 Å². The Hall–Kier alpha value is -11.3. The summed E-state index contributed by atoms with van der Waals surface area (Å²) in [5, 5.41) is 30.1. The first-order chi connectivity index (χ1) is 51.6. The normalized spacial score (nSPS) is 15.0. The number of nitrogens with zero attached hydrogens (tertiary/aromatic N) is 5. The number of nitrogens with two attached hydrogens (primary N) is 12. The van der Waals surface area contributed by atoms with Gasteiger partial charge in [0.2, 0.25) is 70.9 Å². The lowest BCUT2D eigenvalue weighted by Crippen LogP contribution is -2.62. The molecule has 0 radical (unpaired) electrons. The molecule has 0 spiro atoms. The van der Waals surface area contributed by atoms with Gasteiger partial charge in [0.25, 0.3) is 0 Å². The minimum absolute atomic E-state index is 0.00223. The van der Waals surface area contributed by atoms with Gasteiger partial charge < -0.3 is 132 Å². The largest absolute Gasteiger partial charge is 0.370 e. The zero-order valence-electron chi connectivity index (χ0n) is 65.1. The molecule has 0 aliphatic rings. The monoisotopic (exact) mass is 1550 g/mol. The minimum Gasteiger partial charge on any atom is -0.370 e. The van der Waals surface area contributed by atoms with Crippen LogP contribution in [-0.4, -0.2) is 211 Å². The molecule has 0 aliphatic heterocycles. The molecule has 12 amide bonds. The molecule has 0 fully saturated rings. The molecule has 14 atom stereocenters. The number of carbonyl (C=O) groups is 12. The standard InChI is InChI=1S/C69H123N29O12/c1-12-36(9)51(63(109)93-46(30-39-31-86-41-21-15-14-20-40(39)41)58(104)90-43(23-17-27-83-66(74)75)55(101)89-42(53(71)99)22-16-26-82-65(72)73)97-57(103)45(25-19-29-85-68(78)79)92-62(108)50(35(7)8)95-54(100)38(11)88-61(107)49(34(5)6)96-64(110)52(37(10)13-2)98-59(105)47(32-87-69(80)81)94-56(102)44(24-18-28-84-67(76)77)91-60(106)48(70)33(3)4/h14-15,20-21,31,33-38,42-52,86H,12-13,16-19,22-30,32,70H2,1-11H3,(H2,71,99)(H,88,107)(H,89,101)(H,90,104)(H,91,106)(H,92,108)(H,93,109)(H,94,102)(H,95,100)(H,96,110)(H,97,103)(H,98,105)(H4,72,73,82)(H4,74,75,83)(H4,76,77,84)(H4,78,79,85)(H4,80,81,87)/t36-,37-,38-,42-,43-,44-,45-,46-,47-,48-,49-,50-,51-,52-/m0/s1. The van der Waals surface area contributed by atoms with Gasteiger partial charge in [0.15, 0.2) is 29.8 Å². The molecule has 616 valence electrons. The fraction of sp³-hybridized carbons (Fsp3) is 0.638. The molecular formula is C69H123N29O12. The first kappa shape index (κ1) is 94.8. The number of hydrogen-bond donors (Lipinski definition) is 24. The lowest BCUT2D eigenvalue weighted by atomic mass is 9.96. The summed E-state index contributed by atoms with van der Waals surface area (Å²) in [6, 6.07) is -8.94. The number of aliphatic imine (C=N–C) groups is 5. The lowest BCUT2D eigenvalue weighted by Gasteiger charge is -2.31. The van der Waals surface area contributed by atoms with E-state index in [1.165, 1.54) is 6.92 Å². The number of carbonyl (C=O) groups excluding carboxylic acids is 12. The molecule has 0 aliphatic carbocycles. The van der Waals surface area contributed by atoms with Crippen LogP contribution in [0, 0.1) is 29.6 Å². The molecule has 0 saturated heterocycles. The maximum absolute atomic E-state index is 14.9. The molecule has 1 heterocycles. The summed E-state index contributed by atoms with van der Waals surface area (Å²) in [4.78, 5) is 193. The maximum Gasteiger partial charge on any atom is 0.245 e. The third kappa shape index (κ3) is 33.9. The van der Waals surface area contributed by atoms with Crippen molar-refractivity contribution in [3.8, 4) is 0 Å². The summed E-state index contributed by atoms with van der Waals surface area (Å²) < 4.78 is 0. The average Bonchev–Trinajstić information content (AvgIpc) is 1.60. The van der Waals surface area contributed by atoms with E-state index in [2.05, 4.69) is 88.4 Å². The first-order valence-corrected chi connectivity index (χ1v) is 36.8. The van der Waals surface area contributed by atoms with Crippen molar-refractivity contribution >= 4 is 112 Å². The molecule has 41 heteroatoms. The SMILES string of the molecule is CC[C@H](C)[C@H](NC(=O)[C@H](CCCN=C(N)N)NC(=O)[C@@H](NC(=O)[C@H](C)NC(=O)[C@@H](NC(=O)[C@@H](NC(=O)[C@H](CN=C(N)N)NC(=O)[C@H](CCCN=C(N)N)NC(=O)[C@@H](N)C(C)C)[C@@H](C)CC)C(C)C)C(C)C)C(=O)N[C@@H](Cc1c[nH]c2ccccc12)C(=O)N[C@@H](CCCN=C(N)N)C(=O)N[C@@H](CCCN=C(N)N)C(N)=O. The Labute approximate surface area is 641 Å². The van der Waals surface area contributed by atoms with E-state index in [-0.39, 0.29) is 114 Å². The Balaban J connectivity index is 2.53. The molecule has 0 saturated carbocycles. The van der Waals surface area contributed by atoms with Crippen molar-refractivity contribution in [1.82, 2.24) is 63.5 Å². The van der Waals surface area contributed by atoms with Crippen molar-refractivity contribution in [2.24, 2.45) is 123 Å². The van der Waals surface area contributed by atoms with Gasteiger partial charge in [-0.25, -0.2) is 0 Å². The lowest BCUT2D eigenvalue weighted by molar-refractivity contribution is -0.137. The Morgan fingerprint density at radius 2 is 0.691 bits per heavy atom. The molecular weight excluding hydrogens is 1430 g/mol. The molecule has 41 nitrogen and oxygen atoms in total. The van der Waals surface area contributed by atoms with Gasteiger partial charge in [0.05, 0.1) is 12.6 Å². The first-order valence-electron chi connectivity index (χ1n) is 36.8. The molecule has 1 aromatic carbocycles. The van der Waals surface area contributed by atoms with Gasteiger partial charge in [0.1, 0.15) is 66.5 Å². The van der Waals surface area contributed by atoms with E-state index in [0.29, 0.717) is 29.3 Å². The zero-order chi connectivity index (χ0) is 83.2. The summed E-state index contributed by atoms with van der Waals surface area (Å²) >= 11 is 0.